The zero-order chi connectivity index (χ0) is 21.2. The highest BCUT2D eigenvalue weighted by molar-refractivity contribution is 5.82. The lowest BCUT2D eigenvalue weighted by molar-refractivity contribution is -0.143. The van der Waals surface area contributed by atoms with Gasteiger partial charge in [0.05, 0.1) is 17.9 Å². The van der Waals surface area contributed by atoms with Crippen LogP contribution in [0.1, 0.15) is 76.2 Å². The van der Waals surface area contributed by atoms with Crippen molar-refractivity contribution < 1.29 is 24.9 Å². The van der Waals surface area contributed by atoms with Crippen molar-refractivity contribution >= 4 is 11.9 Å². The molecule has 0 fully saturated rings. The molecule has 0 heterocycles. The lowest BCUT2D eigenvalue weighted by atomic mass is 9.69. The Morgan fingerprint density at radius 3 is 1.74 bits per heavy atom. The highest BCUT2D eigenvalue weighted by Crippen LogP contribution is 2.44. The van der Waals surface area contributed by atoms with Gasteiger partial charge in [0.2, 0.25) is 0 Å². The summed E-state index contributed by atoms with van der Waals surface area (Å²) in [4.78, 5) is 24.2. The number of carboxylic acids is 2. The van der Waals surface area contributed by atoms with Gasteiger partial charge in [-0.15, -0.1) is 0 Å². The largest absolute Gasteiger partial charge is 0.481 e. The van der Waals surface area contributed by atoms with E-state index in [2.05, 4.69) is 5.32 Å². The summed E-state index contributed by atoms with van der Waals surface area (Å²) in [5.41, 5.74) is 0.264. The lowest BCUT2D eigenvalue weighted by Gasteiger charge is -2.34. The predicted molar refractivity (Wildman–Crippen MR) is 105 cm³/mol. The maximum Gasteiger partial charge on any atom is 0.311 e. The van der Waals surface area contributed by atoms with Gasteiger partial charge in [-0.3, -0.25) is 9.59 Å². The second-order valence-electron chi connectivity index (χ2n) is 9.24. The summed E-state index contributed by atoms with van der Waals surface area (Å²) in [6, 6.07) is 5.00. The number of aliphatic hydroxyl groups is 1. The summed E-state index contributed by atoms with van der Waals surface area (Å²) in [7, 11) is 1.72. The first kappa shape index (κ1) is 23.1. The van der Waals surface area contributed by atoms with Crippen LogP contribution in [0.4, 0.5) is 0 Å². The third-order valence-electron chi connectivity index (χ3n) is 4.74. The molecular weight excluding hydrogens is 346 g/mol. The van der Waals surface area contributed by atoms with E-state index in [-0.39, 0.29) is 0 Å². The van der Waals surface area contributed by atoms with Crippen LogP contribution in [0.5, 0.6) is 0 Å². The Kier molecular flexibility index (Phi) is 7.19. The molecule has 0 aliphatic carbocycles. The van der Waals surface area contributed by atoms with E-state index in [9.17, 15) is 24.9 Å². The summed E-state index contributed by atoms with van der Waals surface area (Å²) in [6.07, 6.45) is -0.810. The minimum absolute atomic E-state index is 0.313. The van der Waals surface area contributed by atoms with Crippen molar-refractivity contribution in [2.75, 3.05) is 13.6 Å². The van der Waals surface area contributed by atoms with Crippen molar-refractivity contribution in [2.24, 2.45) is 10.8 Å². The highest BCUT2D eigenvalue weighted by Gasteiger charge is 2.40. The first-order chi connectivity index (χ1) is 12.2. The van der Waals surface area contributed by atoms with Gasteiger partial charge in [0.1, 0.15) is 0 Å². The Morgan fingerprint density at radius 1 is 0.926 bits per heavy atom. The van der Waals surface area contributed by atoms with Gasteiger partial charge in [-0.25, -0.2) is 0 Å². The zero-order valence-corrected chi connectivity index (χ0v) is 17.3. The molecule has 3 atom stereocenters. The van der Waals surface area contributed by atoms with Gasteiger partial charge in [-0.2, -0.15) is 0 Å². The number of benzene rings is 1. The predicted octanol–water partition coefficient (Wildman–Crippen LogP) is 3.37. The Bertz CT molecular complexity index is 685. The van der Waals surface area contributed by atoms with E-state index in [1.54, 1.807) is 25.2 Å². The van der Waals surface area contributed by atoms with Gasteiger partial charge in [-0.1, -0.05) is 59.7 Å². The molecule has 0 radical (unpaired) electrons. The summed E-state index contributed by atoms with van der Waals surface area (Å²) in [5.74, 6) is -3.78. The molecule has 0 aliphatic rings. The van der Waals surface area contributed by atoms with Crippen LogP contribution in [0, 0.1) is 10.8 Å². The average Bonchev–Trinajstić information content (AvgIpc) is 2.45. The number of aliphatic carboxylic acids is 2. The molecule has 0 aliphatic heterocycles. The van der Waals surface area contributed by atoms with Crippen LogP contribution in [-0.2, 0) is 9.59 Å². The van der Waals surface area contributed by atoms with Crippen molar-refractivity contribution in [1.29, 1.82) is 0 Å². The third-order valence-corrected chi connectivity index (χ3v) is 4.74. The topological polar surface area (TPSA) is 107 Å². The maximum atomic E-state index is 12.1. The van der Waals surface area contributed by atoms with E-state index in [0.717, 1.165) is 0 Å². The molecule has 152 valence electrons. The van der Waals surface area contributed by atoms with Crippen LogP contribution in [-0.4, -0.2) is 40.9 Å². The first-order valence-electron chi connectivity index (χ1n) is 9.13. The minimum atomic E-state index is -1.01. The molecule has 6 heteroatoms. The van der Waals surface area contributed by atoms with E-state index >= 15 is 0 Å². The molecule has 1 aromatic carbocycles. The number of carboxylic acid groups (broad SMARTS) is 2. The van der Waals surface area contributed by atoms with Crippen LogP contribution in [0.2, 0.25) is 0 Å². The molecule has 6 nitrogen and oxygen atoms in total. The van der Waals surface area contributed by atoms with Gasteiger partial charge in [0.15, 0.2) is 0 Å². The standard InChI is InChI=1S/C21H33NO5/c1-20(2,3)16(18(24)25)13-9-8-12(15(23)11-22-7)10-14(13)17(19(26)27)21(4,5)6/h8-10,15-17,22-23H,11H2,1-7H3,(H,24,25)(H,26,27). The van der Waals surface area contributed by atoms with E-state index in [1.165, 1.54) is 0 Å². The van der Waals surface area contributed by atoms with Gasteiger partial charge in [-0.05, 0) is 34.6 Å². The van der Waals surface area contributed by atoms with Gasteiger partial charge >= 0.3 is 11.9 Å². The Labute approximate surface area is 161 Å². The molecule has 1 aromatic rings. The smallest absolute Gasteiger partial charge is 0.311 e. The minimum Gasteiger partial charge on any atom is -0.481 e. The number of rotatable bonds is 7. The molecule has 0 bridgehead atoms. The molecular formula is C21H33NO5. The summed E-state index contributed by atoms with van der Waals surface area (Å²) >= 11 is 0. The summed E-state index contributed by atoms with van der Waals surface area (Å²) in [5, 5.41) is 33.0. The van der Waals surface area contributed by atoms with Crippen LogP contribution >= 0.6 is 0 Å². The first-order valence-corrected chi connectivity index (χ1v) is 9.13. The van der Waals surface area contributed by atoms with Crippen molar-refractivity contribution in [3.63, 3.8) is 0 Å². The number of likely N-dealkylation sites (N-methyl/N-ethyl adjacent to an activating group) is 1. The number of nitrogens with one attached hydrogen (secondary N) is 1. The Hall–Kier alpha value is -1.92. The number of hydrogen-bond acceptors (Lipinski definition) is 4. The normalized spacial score (nSPS) is 15.9. The van der Waals surface area contributed by atoms with Gasteiger partial charge < -0.3 is 20.6 Å². The van der Waals surface area contributed by atoms with Gasteiger partial charge in [0.25, 0.3) is 0 Å². The number of aliphatic hydroxyl groups excluding tert-OH is 1. The van der Waals surface area contributed by atoms with Crippen molar-refractivity contribution in [3.8, 4) is 0 Å². The molecule has 27 heavy (non-hydrogen) atoms. The lowest BCUT2D eigenvalue weighted by Crippen LogP contribution is -2.32. The molecule has 0 spiro atoms. The molecule has 0 saturated carbocycles. The Morgan fingerprint density at radius 2 is 1.37 bits per heavy atom. The molecule has 1 rings (SSSR count). The summed E-state index contributed by atoms with van der Waals surface area (Å²) < 4.78 is 0. The van der Waals surface area contributed by atoms with Crippen molar-refractivity contribution in [2.45, 2.75) is 59.5 Å². The summed E-state index contributed by atoms with van der Waals surface area (Å²) in [6.45, 7) is 11.2. The second kappa shape index (κ2) is 8.40. The van der Waals surface area contributed by atoms with E-state index in [1.807, 2.05) is 41.5 Å². The molecule has 4 N–H and O–H groups in total. The van der Waals surface area contributed by atoms with E-state index in [0.29, 0.717) is 23.2 Å². The zero-order valence-electron chi connectivity index (χ0n) is 17.3. The van der Waals surface area contributed by atoms with Gasteiger partial charge in [0, 0.05) is 6.54 Å². The Balaban J connectivity index is 3.77. The maximum absolute atomic E-state index is 12.1. The second-order valence-corrected chi connectivity index (χ2v) is 9.24. The number of hydrogen-bond donors (Lipinski definition) is 4. The molecule has 0 amide bonds. The monoisotopic (exact) mass is 379 g/mol. The fraction of sp³-hybridized carbons (Fsp3) is 0.619. The molecule has 3 unspecified atom stereocenters. The SMILES string of the molecule is CNCC(O)c1ccc(C(C(=O)O)C(C)(C)C)c(C(C(=O)O)C(C)(C)C)c1. The fourth-order valence-electron chi connectivity index (χ4n) is 3.56. The van der Waals surface area contributed by atoms with Crippen LogP contribution < -0.4 is 5.32 Å². The average molecular weight is 379 g/mol. The molecule has 0 aromatic heterocycles. The van der Waals surface area contributed by atoms with Crippen molar-refractivity contribution in [1.82, 2.24) is 5.32 Å². The van der Waals surface area contributed by atoms with E-state index < -0.39 is 40.7 Å². The van der Waals surface area contributed by atoms with Crippen LogP contribution in [0.25, 0.3) is 0 Å². The molecule has 0 saturated heterocycles. The highest BCUT2D eigenvalue weighted by atomic mass is 16.4. The number of carbonyl (C=O) groups is 2. The van der Waals surface area contributed by atoms with E-state index in [4.69, 9.17) is 0 Å². The fourth-order valence-corrected chi connectivity index (χ4v) is 3.56. The van der Waals surface area contributed by atoms with Crippen LogP contribution in [0.15, 0.2) is 18.2 Å². The van der Waals surface area contributed by atoms with Crippen molar-refractivity contribution in [3.05, 3.63) is 34.9 Å². The van der Waals surface area contributed by atoms with Crippen LogP contribution in [0.3, 0.4) is 0 Å². The third kappa shape index (κ3) is 5.53. The quantitative estimate of drug-likeness (QED) is 0.579.